The first-order valence-corrected chi connectivity index (χ1v) is 8.85. The molecule has 2 heterocycles. The SMILES string of the molecule is Cc1cccc(C(C)C)c1Nc1cnnc(N2CCC(C)CC2)n1. The van der Waals surface area contributed by atoms with E-state index in [1.54, 1.807) is 6.20 Å². The molecule has 3 rings (SSSR count). The van der Waals surface area contributed by atoms with Crippen molar-refractivity contribution in [1.29, 1.82) is 0 Å². The zero-order valence-electron chi connectivity index (χ0n) is 15.1. The van der Waals surface area contributed by atoms with E-state index >= 15 is 0 Å². The van der Waals surface area contributed by atoms with Gasteiger partial charge in [0.2, 0.25) is 5.95 Å². The van der Waals surface area contributed by atoms with Gasteiger partial charge in [-0.1, -0.05) is 39.0 Å². The Balaban J connectivity index is 1.83. The quantitative estimate of drug-likeness (QED) is 0.909. The summed E-state index contributed by atoms with van der Waals surface area (Å²) in [4.78, 5) is 6.94. The normalized spacial score (nSPS) is 15.8. The third kappa shape index (κ3) is 3.66. The third-order valence-electron chi connectivity index (χ3n) is 4.79. The van der Waals surface area contributed by atoms with Crippen molar-refractivity contribution in [2.24, 2.45) is 5.92 Å². The van der Waals surface area contributed by atoms with Crippen molar-refractivity contribution in [2.75, 3.05) is 23.3 Å². The highest BCUT2D eigenvalue weighted by molar-refractivity contribution is 5.65. The van der Waals surface area contributed by atoms with E-state index in [4.69, 9.17) is 4.98 Å². The topological polar surface area (TPSA) is 53.9 Å². The lowest BCUT2D eigenvalue weighted by atomic mass is 9.98. The molecule has 0 radical (unpaired) electrons. The van der Waals surface area contributed by atoms with Gasteiger partial charge in [-0.25, -0.2) is 0 Å². The third-order valence-corrected chi connectivity index (χ3v) is 4.79. The van der Waals surface area contributed by atoms with Crippen LogP contribution >= 0.6 is 0 Å². The maximum absolute atomic E-state index is 4.70. The maximum Gasteiger partial charge on any atom is 0.247 e. The van der Waals surface area contributed by atoms with Crippen molar-refractivity contribution in [3.63, 3.8) is 0 Å². The van der Waals surface area contributed by atoms with Gasteiger partial charge in [0.05, 0.1) is 6.20 Å². The Hall–Kier alpha value is -2.17. The van der Waals surface area contributed by atoms with E-state index in [1.807, 2.05) is 0 Å². The maximum atomic E-state index is 4.70. The minimum atomic E-state index is 0.449. The van der Waals surface area contributed by atoms with Crippen molar-refractivity contribution in [3.8, 4) is 0 Å². The molecule has 24 heavy (non-hydrogen) atoms. The fourth-order valence-electron chi connectivity index (χ4n) is 3.17. The Kier molecular flexibility index (Phi) is 4.97. The molecule has 0 spiro atoms. The molecule has 0 unspecified atom stereocenters. The van der Waals surface area contributed by atoms with E-state index in [9.17, 15) is 0 Å². The molecule has 1 saturated heterocycles. The molecular formula is C19H27N5. The van der Waals surface area contributed by atoms with Crippen LogP contribution in [0.1, 0.15) is 50.7 Å². The summed E-state index contributed by atoms with van der Waals surface area (Å²) >= 11 is 0. The lowest BCUT2D eigenvalue weighted by molar-refractivity contribution is 0.433. The summed E-state index contributed by atoms with van der Waals surface area (Å²) in [7, 11) is 0. The number of aromatic nitrogens is 3. The molecule has 1 aliphatic rings. The van der Waals surface area contributed by atoms with E-state index in [0.717, 1.165) is 36.5 Å². The molecule has 0 bridgehead atoms. The molecule has 0 amide bonds. The lowest BCUT2D eigenvalue weighted by Crippen LogP contribution is -2.34. The predicted molar refractivity (Wildman–Crippen MR) is 99.0 cm³/mol. The monoisotopic (exact) mass is 325 g/mol. The van der Waals surface area contributed by atoms with Gasteiger partial charge in [-0.3, -0.25) is 0 Å². The van der Waals surface area contributed by atoms with Crippen LogP contribution < -0.4 is 10.2 Å². The number of benzene rings is 1. The molecule has 0 saturated carbocycles. The molecular weight excluding hydrogens is 298 g/mol. The molecule has 1 aromatic carbocycles. The summed E-state index contributed by atoms with van der Waals surface area (Å²) in [6.07, 6.45) is 4.08. The van der Waals surface area contributed by atoms with E-state index in [0.29, 0.717) is 5.92 Å². The summed E-state index contributed by atoms with van der Waals surface area (Å²) in [5.74, 6) is 2.72. The van der Waals surface area contributed by atoms with Crippen LogP contribution in [0.5, 0.6) is 0 Å². The van der Waals surface area contributed by atoms with Gasteiger partial charge in [0, 0.05) is 18.8 Å². The Labute approximate surface area is 144 Å². The van der Waals surface area contributed by atoms with Crippen LogP contribution in [0.4, 0.5) is 17.5 Å². The largest absolute Gasteiger partial charge is 0.339 e. The number of para-hydroxylation sites is 1. The zero-order valence-corrected chi connectivity index (χ0v) is 15.1. The van der Waals surface area contributed by atoms with Crippen LogP contribution in [0.2, 0.25) is 0 Å². The van der Waals surface area contributed by atoms with Gasteiger partial charge in [-0.15, -0.1) is 5.10 Å². The molecule has 1 N–H and O–H groups in total. The average Bonchev–Trinajstić information content (AvgIpc) is 2.57. The van der Waals surface area contributed by atoms with Gasteiger partial charge in [-0.05, 0) is 42.7 Å². The molecule has 1 fully saturated rings. The van der Waals surface area contributed by atoms with Crippen LogP contribution in [0.15, 0.2) is 24.4 Å². The molecule has 5 heteroatoms. The second-order valence-corrected chi connectivity index (χ2v) is 7.13. The van der Waals surface area contributed by atoms with Crippen LogP contribution in [0.25, 0.3) is 0 Å². The summed E-state index contributed by atoms with van der Waals surface area (Å²) in [5.41, 5.74) is 3.64. The molecule has 1 aliphatic heterocycles. The molecule has 128 valence electrons. The first kappa shape index (κ1) is 16.7. The van der Waals surface area contributed by atoms with E-state index in [2.05, 4.69) is 66.3 Å². The Morgan fingerprint density at radius 1 is 1.21 bits per heavy atom. The standard InChI is InChI=1S/C19H27N5/c1-13(2)16-7-5-6-15(4)18(16)21-17-12-20-23-19(22-17)24-10-8-14(3)9-11-24/h5-7,12-14H,8-11H2,1-4H3,(H,21,22,23). The second kappa shape index (κ2) is 7.16. The highest BCUT2D eigenvalue weighted by Crippen LogP contribution is 2.30. The fourth-order valence-corrected chi connectivity index (χ4v) is 3.17. The Bertz CT molecular complexity index is 690. The second-order valence-electron chi connectivity index (χ2n) is 7.13. The van der Waals surface area contributed by atoms with Crippen molar-refractivity contribution >= 4 is 17.5 Å². The number of nitrogens with zero attached hydrogens (tertiary/aromatic N) is 4. The van der Waals surface area contributed by atoms with Crippen LogP contribution in [-0.2, 0) is 0 Å². The van der Waals surface area contributed by atoms with Gasteiger partial charge in [0.15, 0.2) is 5.82 Å². The number of anilines is 3. The van der Waals surface area contributed by atoms with Crippen LogP contribution in [-0.4, -0.2) is 28.3 Å². The van der Waals surface area contributed by atoms with Gasteiger partial charge in [0.1, 0.15) is 0 Å². The number of hydrogen-bond donors (Lipinski definition) is 1. The predicted octanol–water partition coefficient (Wildman–Crippen LogP) is 4.28. The average molecular weight is 325 g/mol. The van der Waals surface area contributed by atoms with E-state index < -0.39 is 0 Å². The molecule has 0 aliphatic carbocycles. The van der Waals surface area contributed by atoms with Gasteiger partial charge < -0.3 is 10.2 Å². The minimum Gasteiger partial charge on any atom is -0.339 e. The fraction of sp³-hybridized carbons (Fsp3) is 0.526. The molecule has 0 atom stereocenters. The van der Waals surface area contributed by atoms with Crippen molar-refractivity contribution in [2.45, 2.75) is 46.5 Å². The lowest BCUT2D eigenvalue weighted by Gasteiger charge is -2.30. The molecule has 1 aromatic heterocycles. The number of nitrogens with one attached hydrogen (secondary N) is 1. The first-order chi connectivity index (χ1) is 11.5. The van der Waals surface area contributed by atoms with Gasteiger partial charge in [-0.2, -0.15) is 10.1 Å². The number of aryl methyl sites for hydroxylation is 1. The highest BCUT2D eigenvalue weighted by Gasteiger charge is 2.19. The molecule has 2 aromatic rings. The van der Waals surface area contributed by atoms with Gasteiger partial charge in [0.25, 0.3) is 0 Å². The smallest absolute Gasteiger partial charge is 0.247 e. The van der Waals surface area contributed by atoms with Crippen LogP contribution in [0.3, 0.4) is 0 Å². The number of piperidine rings is 1. The zero-order chi connectivity index (χ0) is 17.1. The van der Waals surface area contributed by atoms with E-state index in [1.165, 1.54) is 24.0 Å². The summed E-state index contributed by atoms with van der Waals surface area (Å²) in [5, 5.41) is 11.9. The number of rotatable bonds is 4. The summed E-state index contributed by atoms with van der Waals surface area (Å²) < 4.78 is 0. The van der Waals surface area contributed by atoms with Gasteiger partial charge >= 0.3 is 0 Å². The minimum absolute atomic E-state index is 0.449. The Morgan fingerprint density at radius 2 is 1.96 bits per heavy atom. The van der Waals surface area contributed by atoms with Crippen molar-refractivity contribution < 1.29 is 0 Å². The summed E-state index contributed by atoms with van der Waals surface area (Å²) in [6, 6.07) is 6.39. The van der Waals surface area contributed by atoms with Crippen molar-refractivity contribution in [1.82, 2.24) is 15.2 Å². The number of hydrogen-bond acceptors (Lipinski definition) is 5. The van der Waals surface area contributed by atoms with E-state index in [-0.39, 0.29) is 0 Å². The Morgan fingerprint density at radius 3 is 2.67 bits per heavy atom. The van der Waals surface area contributed by atoms with Crippen molar-refractivity contribution in [3.05, 3.63) is 35.5 Å². The highest BCUT2D eigenvalue weighted by atomic mass is 15.3. The molecule has 5 nitrogen and oxygen atoms in total. The summed E-state index contributed by atoms with van der Waals surface area (Å²) in [6.45, 7) is 10.9. The first-order valence-electron chi connectivity index (χ1n) is 8.85. The van der Waals surface area contributed by atoms with Crippen LogP contribution in [0, 0.1) is 12.8 Å².